The molecule has 29 heavy (non-hydrogen) atoms. The van der Waals surface area contributed by atoms with Crippen molar-refractivity contribution in [2.45, 2.75) is 24.5 Å². The van der Waals surface area contributed by atoms with E-state index in [2.05, 4.69) is 20.6 Å². The second-order valence-electron chi connectivity index (χ2n) is 6.74. The van der Waals surface area contributed by atoms with Crippen molar-refractivity contribution in [1.29, 1.82) is 0 Å². The largest absolute Gasteiger partial charge is 0.360 e. The van der Waals surface area contributed by atoms with Gasteiger partial charge in [0.2, 0.25) is 5.91 Å². The number of nitrogens with zero attached hydrogens (tertiary/aromatic N) is 5. The highest BCUT2D eigenvalue weighted by molar-refractivity contribution is 7.99. The van der Waals surface area contributed by atoms with Gasteiger partial charge in [-0.1, -0.05) is 35.1 Å². The predicted molar refractivity (Wildman–Crippen MR) is 107 cm³/mol. The highest BCUT2D eigenvalue weighted by atomic mass is 32.2. The Hall–Kier alpha value is -3.40. The average Bonchev–Trinajstić information content (AvgIpc) is 3.42. The van der Waals surface area contributed by atoms with Crippen molar-refractivity contribution in [2.75, 3.05) is 11.1 Å². The minimum Gasteiger partial charge on any atom is -0.360 e. The highest BCUT2D eigenvalue weighted by Gasteiger charge is 2.29. The number of nitrogens with one attached hydrogen (secondary N) is 1. The van der Waals surface area contributed by atoms with Crippen molar-refractivity contribution in [1.82, 2.24) is 24.5 Å². The second-order valence-corrected chi connectivity index (χ2v) is 7.73. The molecule has 10 heteroatoms. The van der Waals surface area contributed by atoms with Crippen LogP contribution in [-0.4, -0.2) is 36.1 Å². The molecule has 0 bridgehead atoms. The van der Waals surface area contributed by atoms with Gasteiger partial charge in [-0.25, -0.2) is 9.67 Å². The number of benzene rings is 1. The molecule has 1 amide bonds. The highest BCUT2D eigenvalue weighted by Crippen LogP contribution is 2.33. The number of amides is 1. The first kappa shape index (κ1) is 17.7. The minimum atomic E-state index is -0.285. The first-order valence-corrected chi connectivity index (χ1v) is 10.0. The lowest BCUT2D eigenvalue weighted by atomic mass is 10.2. The van der Waals surface area contributed by atoms with Gasteiger partial charge < -0.3 is 9.84 Å². The Bertz CT molecular complexity index is 1280. The number of fused-ring (bicyclic) bond motifs is 2. The summed E-state index contributed by atoms with van der Waals surface area (Å²) >= 11 is 1.46. The quantitative estimate of drug-likeness (QED) is 0.517. The van der Waals surface area contributed by atoms with Gasteiger partial charge in [0, 0.05) is 18.2 Å². The van der Waals surface area contributed by atoms with Gasteiger partial charge in [-0.15, -0.1) is 0 Å². The van der Waals surface area contributed by atoms with E-state index < -0.39 is 0 Å². The van der Waals surface area contributed by atoms with Crippen LogP contribution < -0.4 is 10.9 Å². The first-order valence-electron chi connectivity index (χ1n) is 9.02. The molecular formula is C19H16N6O3S. The topological polar surface area (TPSA) is 108 Å². The zero-order valence-corrected chi connectivity index (χ0v) is 16.2. The first-order chi connectivity index (χ1) is 14.1. The number of hydrogen-bond acceptors (Lipinski definition) is 7. The lowest BCUT2D eigenvalue weighted by molar-refractivity contribution is -0.116. The van der Waals surface area contributed by atoms with Gasteiger partial charge in [0.05, 0.1) is 17.9 Å². The Labute approximate surface area is 168 Å². The molecule has 146 valence electrons. The Morgan fingerprint density at radius 2 is 2.17 bits per heavy atom. The van der Waals surface area contributed by atoms with Crippen LogP contribution in [0.15, 0.2) is 57.1 Å². The van der Waals surface area contributed by atoms with Crippen molar-refractivity contribution in [3.05, 3.63) is 58.7 Å². The number of hydrogen-bond donors (Lipinski definition) is 1. The molecule has 4 heterocycles. The molecule has 1 aliphatic heterocycles. The van der Waals surface area contributed by atoms with Crippen LogP contribution >= 0.6 is 11.8 Å². The fourth-order valence-corrected chi connectivity index (χ4v) is 4.50. The number of para-hydroxylation sites is 1. The summed E-state index contributed by atoms with van der Waals surface area (Å²) in [4.78, 5) is 30.2. The van der Waals surface area contributed by atoms with E-state index in [-0.39, 0.29) is 23.9 Å². The number of anilines is 1. The Balaban J connectivity index is 1.46. The molecule has 0 saturated carbocycles. The number of carbonyl (C=O) groups is 1. The molecule has 0 aliphatic carbocycles. The zero-order valence-electron chi connectivity index (χ0n) is 15.4. The summed E-state index contributed by atoms with van der Waals surface area (Å²) in [6, 6.07) is 10.9. The SMILES string of the molecule is Cc1cc(NC(=O)CC2CSc3nc4c(cnn4-c4ccccc4)c(=O)n32)no1. The average molecular weight is 408 g/mol. The standard InChI is InChI=1S/C19H16N6O3S/c1-11-7-15(23-28-11)21-16(26)8-13-10-29-19-22-17-14(18(27)24(13)19)9-20-25(17)12-5-3-2-4-6-12/h2-7,9,13H,8,10H2,1H3,(H,21,23,26). The molecule has 1 N–H and O–H groups in total. The number of thioether (sulfide) groups is 1. The van der Waals surface area contributed by atoms with E-state index in [1.165, 1.54) is 18.0 Å². The molecule has 0 spiro atoms. The van der Waals surface area contributed by atoms with E-state index in [1.54, 1.807) is 22.2 Å². The van der Waals surface area contributed by atoms with E-state index in [0.29, 0.717) is 33.5 Å². The predicted octanol–water partition coefficient (Wildman–Crippen LogP) is 2.55. The van der Waals surface area contributed by atoms with Gasteiger partial charge in [0.15, 0.2) is 16.6 Å². The van der Waals surface area contributed by atoms with Crippen LogP contribution in [-0.2, 0) is 4.79 Å². The van der Waals surface area contributed by atoms with Crippen molar-refractivity contribution in [3.8, 4) is 5.69 Å². The molecule has 0 radical (unpaired) electrons. The van der Waals surface area contributed by atoms with Gasteiger partial charge in [-0.05, 0) is 19.1 Å². The summed E-state index contributed by atoms with van der Waals surface area (Å²) in [5.74, 6) is 1.34. The van der Waals surface area contributed by atoms with Gasteiger partial charge in [-0.2, -0.15) is 5.10 Å². The number of carbonyl (C=O) groups excluding carboxylic acids is 1. The van der Waals surface area contributed by atoms with Crippen molar-refractivity contribution in [3.63, 3.8) is 0 Å². The van der Waals surface area contributed by atoms with Crippen LogP contribution in [0.5, 0.6) is 0 Å². The van der Waals surface area contributed by atoms with E-state index in [1.807, 2.05) is 30.3 Å². The van der Waals surface area contributed by atoms with Crippen LogP contribution in [0.25, 0.3) is 16.7 Å². The summed E-state index contributed by atoms with van der Waals surface area (Å²) in [6.07, 6.45) is 1.68. The van der Waals surface area contributed by atoms with Crippen molar-refractivity contribution in [2.24, 2.45) is 0 Å². The third-order valence-electron chi connectivity index (χ3n) is 4.69. The molecule has 1 aliphatic rings. The van der Waals surface area contributed by atoms with Crippen LogP contribution in [0.4, 0.5) is 5.82 Å². The normalized spacial score (nSPS) is 15.6. The summed E-state index contributed by atoms with van der Waals surface area (Å²) in [7, 11) is 0. The van der Waals surface area contributed by atoms with Crippen LogP contribution in [0, 0.1) is 6.92 Å². The van der Waals surface area contributed by atoms with Crippen LogP contribution in [0.3, 0.4) is 0 Å². The van der Waals surface area contributed by atoms with Crippen molar-refractivity contribution >= 4 is 34.5 Å². The Kier molecular flexibility index (Phi) is 4.20. The zero-order chi connectivity index (χ0) is 20.0. The fourth-order valence-electron chi connectivity index (χ4n) is 3.37. The maximum Gasteiger partial charge on any atom is 0.265 e. The van der Waals surface area contributed by atoms with Crippen LogP contribution in [0.1, 0.15) is 18.2 Å². The fraction of sp³-hybridized carbons (Fsp3) is 0.211. The smallest absolute Gasteiger partial charge is 0.265 e. The summed E-state index contributed by atoms with van der Waals surface area (Å²) in [5.41, 5.74) is 1.16. The molecule has 3 aromatic heterocycles. The molecule has 1 atom stereocenters. The van der Waals surface area contributed by atoms with E-state index >= 15 is 0 Å². The maximum absolute atomic E-state index is 13.1. The van der Waals surface area contributed by atoms with E-state index in [4.69, 9.17) is 4.52 Å². The molecule has 4 aromatic rings. The third-order valence-corrected chi connectivity index (χ3v) is 5.79. The molecule has 0 fully saturated rings. The summed E-state index contributed by atoms with van der Waals surface area (Å²) < 4.78 is 8.21. The lowest BCUT2D eigenvalue weighted by Gasteiger charge is -2.12. The minimum absolute atomic E-state index is 0.145. The lowest BCUT2D eigenvalue weighted by Crippen LogP contribution is -2.27. The molecule has 5 rings (SSSR count). The number of aromatic nitrogens is 5. The van der Waals surface area contributed by atoms with E-state index in [9.17, 15) is 9.59 Å². The van der Waals surface area contributed by atoms with Crippen LogP contribution in [0.2, 0.25) is 0 Å². The van der Waals surface area contributed by atoms with Gasteiger partial charge in [0.1, 0.15) is 11.1 Å². The molecular weight excluding hydrogens is 392 g/mol. The summed E-state index contributed by atoms with van der Waals surface area (Å²) in [6.45, 7) is 1.75. The number of rotatable bonds is 4. The Morgan fingerprint density at radius 1 is 1.34 bits per heavy atom. The van der Waals surface area contributed by atoms with Gasteiger partial charge in [-0.3, -0.25) is 14.2 Å². The molecule has 1 aromatic carbocycles. The van der Waals surface area contributed by atoms with Crippen molar-refractivity contribution < 1.29 is 9.32 Å². The Morgan fingerprint density at radius 3 is 2.93 bits per heavy atom. The summed E-state index contributed by atoms with van der Waals surface area (Å²) in [5, 5.41) is 11.8. The molecule has 0 saturated heterocycles. The third kappa shape index (κ3) is 3.11. The second kappa shape index (κ2) is 6.89. The number of aryl methyl sites for hydroxylation is 1. The van der Waals surface area contributed by atoms with E-state index in [0.717, 1.165) is 5.69 Å². The molecule has 1 unspecified atom stereocenters. The van der Waals surface area contributed by atoms with Gasteiger partial charge in [0.25, 0.3) is 5.56 Å². The molecule has 9 nitrogen and oxygen atoms in total. The maximum atomic E-state index is 13.1. The van der Waals surface area contributed by atoms with Gasteiger partial charge >= 0.3 is 0 Å². The monoisotopic (exact) mass is 408 g/mol.